The highest BCUT2D eigenvalue weighted by atomic mass is 16.2. The van der Waals surface area contributed by atoms with Crippen LogP contribution in [0.3, 0.4) is 0 Å². The Morgan fingerprint density at radius 2 is 2.13 bits per heavy atom. The summed E-state index contributed by atoms with van der Waals surface area (Å²) < 4.78 is 64.6. The van der Waals surface area contributed by atoms with Crippen LogP contribution in [-0.4, -0.2) is 45.7 Å². The summed E-state index contributed by atoms with van der Waals surface area (Å²) in [5, 5.41) is 6.32. The first-order valence-electron chi connectivity index (χ1n) is 11.9. The fourth-order valence-electron chi connectivity index (χ4n) is 3.76. The third-order valence-electron chi connectivity index (χ3n) is 5.01. The SMILES string of the molecule is [2H]c1c([2H])c([2H])c2c(c(C(=O)NC3([2H])C[C@H]4CCC[C@H](C3)N4C)nn2C([2H])([2H])[2H])c1[2H]. The van der Waals surface area contributed by atoms with Crippen LogP contribution >= 0.6 is 0 Å². The van der Waals surface area contributed by atoms with E-state index in [0.717, 1.165) is 19.3 Å². The molecule has 0 spiro atoms. The van der Waals surface area contributed by atoms with Crippen LogP contribution in [-0.2, 0) is 6.98 Å². The van der Waals surface area contributed by atoms with Crippen LogP contribution in [0.15, 0.2) is 24.2 Å². The number of hydrogen-bond acceptors (Lipinski definition) is 3. The minimum Gasteiger partial charge on any atom is -0.348 e. The van der Waals surface area contributed by atoms with Crippen molar-refractivity contribution in [2.75, 3.05) is 7.05 Å². The van der Waals surface area contributed by atoms with Crippen LogP contribution in [0, 0.1) is 0 Å². The Kier molecular flexibility index (Phi) is 2.03. The van der Waals surface area contributed by atoms with Crippen LogP contribution < -0.4 is 5.32 Å². The number of carbonyl (C=O) groups is 1. The van der Waals surface area contributed by atoms with Crippen LogP contribution in [0.2, 0.25) is 0 Å². The number of aryl methyl sites for hydroxylation is 1. The van der Waals surface area contributed by atoms with E-state index in [2.05, 4.69) is 15.3 Å². The lowest BCUT2D eigenvalue weighted by Crippen LogP contribution is -2.55. The van der Waals surface area contributed by atoms with Gasteiger partial charge in [-0.25, -0.2) is 0 Å². The molecule has 1 aromatic heterocycles. The first kappa shape index (κ1) is 8.29. The molecule has 2 atom stereocenters. The molecule has 2 saturated heterocycles. The summed E-state index contributed by atoms with van der Waals surface area (Å²) in [6.07, 6.45) is 3.79. The maximum absolute atomic E-state index is 13.2. The molecule has 2 aromatic rings. The molecule has 0 saturated carbocycles. The van der Waals surface area contributed by atoms with Crippen LogP contribution in [0.25, 0.3) is 10.9 Å². The Balaban J connectivity index is 1.78. The second kappa shape index (κ2) is 5.64. The lowest BCUT2D eigenvalue weighted by molar-refractivity contribution is 0.0462. The second-order valence-electron chi connectivity index (χ2n) is 6.35. The number of aromatic nitrogens is 2. The number of amides is 1. The standard InChI is InChI=1S/C18H24N4O/c1-21-13-6-5-7-14(21)11-12(10-13)19-18(23)17-15-8-3-4-9-16(15)22(2)20-17/h3-4,8-9,12-14H,5-7,10-11H2,1-2H3,(H,19,23)/t13-,14-/m1/s1/i2D3,3D,4D,8D,9D,12D. The number of para-hydroxylation sites is 1. The monoisotopic (exact) mass is 320 g/mol. The van der Waals surface area contributed by atoms with Gasteiger partial charge in [-0.2, -0.15) is 5.10 Å². The highest BCUT2D eigenvalue weighted by molar-refractivity contribution is 6.04. The molecule has 3 heterocycles. The van der Waals surface area contributed by atoms with Gasteiger partial charge in [0.25, 0.3) is 5.91 Å². The predicted octanol–water partition coefficient (Wildman–Crippen LogP) is 2.32. The van der Waals surface area contributed by atoms with Gasteiger partial charge in [-0.15, -0.1) is 0 Å². The topological polar surface area (TPSA) is 50.2 Å². The molecule has 2 aliphatic rings. The zero-order chi connectivity index (χ0) is 22.9. The second-order valence-corrected chi connectivity index (χ2v) is 6.35. The molecule has 23 heavy (non-hydrogen) atoms. The molecule has 2 aliphatic heterocycles. The fourth-order valence-corrected chi connectivity index (χ4v) is 3.76. The van der Waals surface area contributed by atoms with Crippen molar-refractivity contribution in [1.29, 1.82) is 0 Å². The van der Waals surface area contributed by atoms with Crippen molar-refractivity contribution >= 4 is 16.8 Å². The van der Waals surface area contributed by atoms with Gasteiger partial charge in [0.1, 0.15) is 0 Å². The van der Waals surface area contributed by atoms with E-state index in [4.69, 9.17) is 11.0 Å². The molecule has 2 bridgehead atoms. The molecular weight excluding hydrogens is 288 g/mol. The van der Waals surface area contributed by atoms with Gasteiger partial charge in [-0.3, -0.25) is 9.48 Å². The Hall–Kier alpha value is -1.88. The lowest BCUT2D eigenvalue weighted by Gasteiger charge is -2.47. The van der Waals surface area contributed by atoms with E-state index in [1.165, 1.54) is 0 Å². The number of fused-ring (bicyclic) bond motifs is 3. The summed E-state index contributed by atoms with van der Waals surface area (Å²) in [4.78, 5) is 15.4. The van der Waals surface area contributed by atoms with Gasteiger partial charge in [0.05, 0.1) is 12.4 Å². The van der Waals surface area contributed by atoms with Gasteiger partial charge in [0.2, 0.25) is 0 Å². The summed E-state index contributed by atoms with van der Waals surface area (Å²) in [7, 11) is 2.03. The summed E-state index contributed by atoms with van der Waals surface area (Å²) in [5.74, 6) is -0.810. The van der Waals surface area contributed by atoms with E-state index < -0.39 is 48.8 Å². The molecule has 0 radical (unpaired) electrons. The van der Waals surface area contributed by atoms with E-state index in [1.807, 2.05) is 7.05 Å². The first-order valence-corrected chi connectivity index (χ1v) is 7.88. The molecule has 1 N–H and O–H groups in total. The first-order chi connectivity index (χ1) is 14.3. The van der Waals surface area contributed by atoms with Crippen molar-refractivity contribution in [3.63, 3.8) is 0 Å². The number of piperidine rings is 2. The van der Waals surface area contributed by atoms with E-state index in [0.29, 0.717) is 17.5 Å². The van der Waals surface area contributed by atoms with E-state index in [9.17, 15) is 4.79 Å². The molecule has 122 valence electrons. The molecule has 1 aromatic carbocycles. The van der Waals surface area contributed by atoms with Crippen molar-refractivity contribution < 1.29 is 15.8 Å². The lowest BCUT2D eigenvalue weighted by atomic mass is 9.82. The minimum atomic E-state index is -2.85. The molecular formula is C18H24N4O. The van der Waals surface area contributed by atoms with Crippen molar-refractivity contribution in [1.82, 2.24) is 20.0 Å². The minimum absolute atomic E-state index is 0.166. The van der Waals surface area contributed by atoms with Crippen molar-refractivity contribution in [2.45, 2.75) is 50.2 Å². The largest absolute Gasteiger partial charge is 0.348 e. The Bertz CT molecular complexity index is 1050. The van der Waals surface area contributed by atoms with Gasteiger partial charge in [0.15, 0.2) is 5.69 Å². The number of hydrogen-bond donors (Lipinski definition) is 1. The fraction of sp³-hybridized carbons (Fsp3) is 0.556. The van der Waals surface area contributed by atoms with Gasteiger partial charge >= 0.3 is 0 Å². The summed E-state index contributed by atoms with van der Waals surface area (Å²) >= 11 is 0. The maximum Gasteiger partial charge on any atom is 0.272 e. The van der Waals surface area contributed by atoms with Crippen molar-refractivity contribution in [3.8, 4) is 0 Å². The van der Waals surface area contributed by atoms with Crippen LogP contribution in [0.5, 0.6) is 0 Å². The zero-order valence-corrected chi connectivity index (χ0v) is 12.9. The highest BCUT2D eigenvalue weighted by Gasteiger charge is 2.36. The molecule has 2 fully saturated rings. The average molecular weight is 320 g/mol. The Morgan fingerprint density at radius 1 is 1.39 bits per heavy atom. The van der Waals surface area contributed by atoms with Crippen molar-refractivity contribution in [3.05, 3.63) is 29.9 Å². The summed E-state index contributed by atoms with van der Waals surface area (Å²) in [5.41, 5.74) is -0.760. The van der Waals surface area contributed by atoms with Gasteiger partial charge in [0, 0.05) is 34.6 Å². The molecule has 0 unspecified atom stereocenters. The van der Waals surface area contributed by atoms with E-state index in [-0.39, 0.29) is 23.0 Å². The van der Waals surface area contributed by atoms with Crippen LogP contribution in [0.1, 0.15) is 53.6 Å². The smallest absolute Gasteiger partial charge is 0.272 e. The van der Waals surface area contributed by atoms with E-state index in [1.54, 1.807) is 0 Å². The zero-order valence-electron chi connectivity index (χ0n) is 20.9. The predicted molar refractivity (Wildman–Crippen MR) is 90.4 cm³/mol. The number of benzene rings is 1. The number of rotatable bonds is 2. The molecule has 5 nitrogen and oxygen atoms in total. The number of carbonyl (C=O) groups excluding carboxylic acids is 1. The molecule has 0 aliphatic carbocycles. The van der Waals surface area contributed by atoms with Gasteiger partial charge in [-0.1, -0.05) is 24.5 Å². The van der Waals surface area contributed by atoms with Crippen molar-refractivity contribution in [2.24, 2.45) is 6.98 Å². The molecule has 4 rings (SSSR count). The molecule has 5 heteroatoms. The third kappa shape index (κ3) is 2.53. The number of nitrogens with one attached hydrogen (secondary N) is 1. The summed E-state index contributed by atoms with van der Waals surface area (Å²) in [6, 6.07) is -3.22. The quantitative estimate of drug-likeness (QED) is 0.924. The average Bonchev–Trinajstić information content (AvgIpc) is 3.07. The maximum atomic E-state index is 13.2. The van der Waals surface area contributed by atoms with E-state index >= 15 is 0 Å². The summed E-state index contributed by atoms with van der Waals surface area (Å²) in [6.45, 7) is -2.85. The van der Waals surface area contributed by atoms with Gasteiger partial charge in [-0.05, 0) is 38.8 Å². The van der Waals surface area contributed by atoms with Crippen LogP contribution in [0.4, 0.5) is 0 Å². The number of nitrogens with zero attached hydrogens (tertiary/aromatic N) is 3. The normalized spacial score (nSPS) is 36.7. The molecule has 1 amide bonds. The van der Waals surface area contributed by atoms with Gasteiger partial charge < -0.3 is 10.2 Å². The highest BCUT2D eigenvalue weighted by Crippen LogP contribution is 2.32. The Labute approximate surface area is 147 Å². The Morgan fingerprint density at radius 3 is 2.87 bits per heavy atom. The third-order valence-corrected chi connectivity index (χ3v) is 5.01.